The van der Waals surface area contributed by atoms with Gasteiger partial charge in [0.05, 0.1) is 6.10 Å². The number of nitrogens with zero attached hydrogens (tertiary/aromatic N) is 1. The molecule has 1 aromatic heterocycles. The van der Waals surface area contributed by atoms with Gasteiger partial charge >= 0.3 is 5.69 Å². The van der Waals surface area contributed by atoms with Gasteiger partial charge in [-0.15, -0.1) is 0 Å². The second kappa shape index (κ2) is 5.09. The fraction of sp³-hybridized carbons (Fsp3) is 0.600. The highest BCUT2D eigenvalue weighted by Crippen LogP contribution is 2.19. The number of aliphatic hydroxyl groups excluding tert-OH is 1. The van der Waals surface area contributed by atoms with E-state index in [1.807, 2.05) is 0 Å². The minimum atomic E-state index is -0.622. The number of hydrogen-bond acceptors (Lipinski definition) is 4. The molecule has 1 aromatic rings. The zero-order valence-electron chi connectivity index (χ0n) is 9.51. The summed E-state index contributed by atoms with van der Waals surface area (Å²) in [5.41, 5.74) is -1.01. The number of ether oxygens (including phenoxy) is 1. The Hall–Kier alpha value is -1.40. The Labute approximate surface area is 92.5 Å². The van der Waals surface area contributed by atoms with Crippen molar-refractivity contribution in [2.75, 3.05) is 7.11 Å². The summed E-state index contributed by atoms with van der Waals surface area (Å²) < 4.78 is 6.41. The summed E-state index contributed by atoms with van der Waals surface area (Å²) in [5.74, 6) is -0.270. The molecule has 0 bridgehead atoms. The summed E-state index contributed by atoms with van der Waals surface area (Å²) in [6.07, 6.45) is 0.127. The fourth-order valence-corrected chi connectivity index (χ4v) is 1.45. The van der Waals surface area contributed by atoms with Gasteiger partial charge in [-0.1, -0.05) is 6.92 Å². The maximum Gasteiger partial charge on any atom is 0.330 e. The van der Waals surface area contributed by atoms with E-state index >= 15 is 0 Å². The summed E-state index contributed by atoms with van der Waals surface area (Å²) >= 11 is 0. The standard InChI is InChI=1S/C10H16N2O4/c1-6(7(2)13)9(16-3)12-5-4-8(14)11-10(12)15/h4-7,9,13H,1-3H3,(H,11,14,15)/t6-,7+,9+/m0/s1. The third-order valence-electron chi connectivity index (χ3n) is 2.58. The van der Waals surface area contributed by atoms with Gasteiger partial charge in [-0.25, -0.2) is 4.79 Å². The van der Waals surface area contributed by atoms with E-state index in [0.717, 1.165) is 0 Å². The van der Waals surface area contributed by atoms with Crippen molar-refractivity contribution in [3.8, 4) is 0 Å². The first-order chi connectivity index (χ1) is 7.47. The maximum atomic E-state index is 11.5. The molecule has 0 aliphatic heterocycles. The number of aromatic amines is 1. The second-order valence-electron chi connectivity index (χ2n) is 3.74. The molecule has 1 heterocycles. The van der Waals surface area contributed by atoms with Gasteiger partial charge in [0.1, 0.15) is 6.23 Å². The first-order valence-electron chi connectivity index (χ1n) is 4.99. The average Bonchev–Trinajstić information content (AvgIpc) is 2.21. The normalized spacial score (nSPS) is 16.8. The Balaban J connectivity index is 3.14. The molecule has 0 fully saturated rings. The Morgan fingerprint density at radius 3 is 2.50 bits per heavy atom. The van der Waals surface area contributed by atoms with Gasteiger partial charge in [0.15, 0.2) is 0 Å². The highest BCUT2D eigenvalue weighted by molar-refractivity contribution is 4.85. The molecule has 90 valence electrons. The van der Waals surface area contributed by atoms with E-state index in [9.17, 15) is 14.7 Å². The molecule has 0 radical (unpaired) electrons. The first-order valence-corrected chi connectivity index (χ1v) is 4.99. The van der Waals surface area contributed by atoms with E-state index in [-0.39, 0.29) is 5.92 Å². The third-order valence-corrected chi connectivity index (χ3v) is 2.58. The zero-order chi connectivity index (χ0) is 12.3. The second-order valence-corrected chi connectivity index (χ2v) is 3.74. The van der Waals surface area contributed by atoms with Crippen molar-refractivity contribution in [2.45, 2.75) is 26.2 Å². The van der Waals surface area contributed by atoms with Gasteiger partial charge in [0.25, 0.3) is 5.56 Å². The third kappa shape index (κ3) is 2.59. The van der Waals surface area contributed by atoms with Crippen molar-refractivity contribution < 1.29 is 9.84 Å². The fourth-order valence-electron chi connectivity index (χ4n) is 1.45. The van der Waals surface area contributed by atoms with E-state index in [1.165, 1.54) is 23.9 Å². The molecule has 0 aromatic carbocycles. The van der Waals surface area contributed by atoms with Crippen molar-refractivity contribution in [3.05, 3.63) is 33.1 Å². The predicted molar refractivity (Wildman–Crippen MR) is 58.2 cm³/mol. The first kappa shape index (κ1) is 12.7. The van der Waals surface area contributed by atoms with Crippen LogP contribution in [0.1, 0.15) is 20.1 Å². The number of aliphatic hydroxyl groups is 1. The topological polar surface area (TPSA) is 84.3 Å². The molecule has 3 atom stereocenters. The minimum Gasteiger partial charge on any atom is -0.393 e. The Kier molecular flexibility index (Phi) is 4.03. The summed E-state index contributed by atoms with van der Waals surface area (Å²) in [6.45, 7) is 3.38. The molecule has 16 heavy (non-hydrogen) atoms. The molecule has 1 rings (SSSR count). The van der Waals surface area contributed by atoms with Crippen molar-refractivity contribution in [1.29, 1.82) is 0 Å². The molecule has 0 unspecified atom stereocenters. The lowest BCUT2D eigenvalue weighted by Gasteiger charge is -2.26. The van der Waals surface area contributed by atoms with E-state index < -0.39 is 23.6 Å². The van der Waals surface area contributed by atoms with Gasteiger partial charge in [0, 0.05) is 25.3 Å². The smallest absolute Gasteiger partial charge is 0.330 e. The molecular weight excluding hydrogens is 212 g/mol. The number of rotatable bonds is 4. The minimum absolute atomic E-state index is 0.270. The number of H-pyrrole nitrogens is 1. The van der Waals surface area contributed by atoms with Gasteiger partial charge in [-0.3, -0.25) is 14.3 Å². The van der Waals surface area contributed by atoms with Crippen LogP contribution in [0.15, 0.2) is 21.9 Å². The Morgan fingerprint density at radius 1 is 1.44 bits per heavy atom. The van der Waals surface area contributed by atoms with Crippen LogP contribution in [0.3, 0.4) is 0 Å². The van der Waals surface area contributed by atoms with Gasteiger partial charge < -0.3 is 9.84 Å². The van der Waals surface area contributed by atoms with Crippen LogP contribution in [0.25, 0.3) is 0 Å². The maximum absolute atomic E-state index is 11.5. The lowest BCUT2D eigenvalue weighted by molar-refractivity contribution is -0.0463. The Bertz CT molecular complexity index is 449. The number of hydrogen-bond donors (Lipinski definition) is 2. The van der Waals surface area contributed by atoms with Gasteiger partial charge in [-0.05, 0) is 6.92 Å². The lowest BCUT2D eigenvalue weighted by Crippen LogP contribution is -2.37. The van der Waals surface area contributed by atoms with Crippen LogP contribution in [0.2, 0.25) is 0 Å². The summed E-state index contributed by atoms with van der Waals surface area (Å²) in [5, 5.41) is 9.46. The monoisotopic (exact) mass is 228 g/mol. The molecular formula is C10H16N2O4. The average molecular weight is 228 g/mol. The van der Waals surface area contributed by atoms with E-state index in [0.29, 0.717) is 0 Å². The zero-order valence-corrected chi connectivity index (χ0v) is 9.51. The lowest BCUT2D eigenvalue weighted by atomic mass is 10.0. The van der Waals surface area contributed by atoms with Crippen LogP contribution in [0.4, 0.5) is 0 Å². The van der Waals surface area contributed by atoms with Crippen molar-refractivity contribution in [1.82, 2.24) is 9.55 Å². The number of nitrogens with one attached hydrogen (secondary N) is 1. The molecule has 0 aliphatic rings. The largest absolute Gasteiger partial charge is 0.393 e. The molecule has 0 saturated heterocycles. The van der Waals surface area contributed by atoms with Crippen molar-refractivity contribution >= 4 is 0 Å². The predicted octanol–water partition coefficient (Wildman–Crippen LogP) is -0.301. The van der Waals surface area contributed by atoms with Crippen LogP contribution in [-0.4, -0.2) is 27.9 Å². The quantitative estimate of drug-likeness (QED) is 0.741. The molecule has 2 N–H and O–H groups in total. The van der Waals surface area contributed by atoms with Crippen molar-refractivity contribution in [3.63, 3.8) is 0 Å². The molecule has 6 heteroatoms. The molecule has 0 aliphatic carbocycles. The Morgan fingerprint density at radius 2 is 2.06 bits per heavy atom. The number of aromatic nitrogens is 2. The van der Waals surface area contributed by atoms with E-state index in [1.54, 1.807) is 13.8 Å². The molecule has 0 spiro atoms. The SMILES string of the molecule is CO[C@H]([C@@H](C)[C@@H](C)O)n1ccc(=O)[nH]c1=O. The van der Waals surface area contributed by atoms with Gasteiger partial charge in [0.2, 0.25) is 0 Å². The van der Waals surface area contributed by atoms with Crippen molar-refractivity contribution in [2.24, 2.45) is 5.92 Å². The highest BCUT2D eigenvalue weighted by Gasteiger charge is 2.23. The summed E-state index contributed by atoms with van der Waals surface area (Å²) in [4.78, 5) is 24.5. The van der Waals surface area contributed by atoms with E-state index in [4.69, 9.17) is 4.74 Å². The van der Waals surface area contributed by atoms with Crippen LogP contribution in [-0.2, 0) is 4.74 Å². The van der Waals surface area contributed by atoms with E-state index in [2.05, 4.69) is 4.98 Å². The van der Waals surface area contributed by atoms with Crippen LogP contribution in [0, 0.1) is 5.92 Å². The van der Waals surface area contributed by atoms with Crippen LogP contribution in [0.5, 0.6) is 0 Å². The number of methoxy groups -OCH3 is 1. The van der Waals surface area contributed by atoms with Gasteiger partial charge in [-0.2, -0.15) is 0 Å². The summed E-state index contributed by atoms with van der Waals surface area (Å²) in [6, 6.07) is 1.24. The molecule has 0 saturated carbocycles. The molecule has 6 nitrogen and oxygen atoms in total. The summed E-state index contributed by atoms with van der Waals surface area (Å²) in [7, 11) is 1.45. The molecule has 0 amide bonds. The van der Waals surface area contributed by atoms with Crippen LogP contribution >= 0.6 is 0 Å². The van der Waals surface area contributed by atoms with Crippen LogP contribution < -0.4 is 11.2 Å². The highest BCUT2D eigenvalue weighted by atomic mass is 16.5.